The van der Waals surface area contributed by atoms with Gasteiger partial charge in [0.25, 0.3) is 5.91 Å². The van der Waals surface area contributed by atoms with E-state index < -0.39 is 0 Å². The molecule has 0 radical (unpaired) electrons. The Kier molecular flexibility index (Phi) is 4.30. The quantitative estimate of drug-likeness (QED) is 0.896. The minimum absolute atomic E-state index is 0.218. The molecule has 0 atom stereocenters. The second-order valence-electron chi connectivity index (χ2n) is 4.58. The molecule has 20 heavy (non-hydrogen) atoms. The Hall–Kier alpha value is -2.43. The highest BCUT2D eigenvalue weighted by molar-refractivity contribution is 6.07. The third-order valence-corrected chi connectivity index (χ3v) is 2.81. The molecular weight excluding hydrogens is 252 g/mol. The number of aromatic nitrogens is 2. The molecule has 2 rings (SSSR count). The second kappa shape index (κ2) is 6.14. The molecule has 0 saturated heterocycles. The van der Waals surface area contributed by atoms with Crippen LogP contribution in [0.3, 0.4) is 0 Å². The Morgan fingerprint density at radius 1 is 1.20 bits per heavy atom. The summed E-state index contributed by atoms with van der Waals surface area (Å²) in [6, 6.07) is 5.55. The number of rotatable bonds is 4. The van der Waals surface area contributed by atoms with Crippen LogP contribution in [-0.2, 0) is 0 Å². The highest BCUT2D eigenvalue weighted by Crippen LogP contribution is 2.17. The van der Waals surface area contributed by atoms with Crippen molar-refractivity contribution in [1.82, 2.24) is 9.97 Å². The van der Waals surface area contributed by atoms with Crippen LogP contribution in [-0.4, -0.2) is 22.4 Å². The molecule has 1 amide bonds. The van der Waals surface area contributed by atoms with Gasteiger partial charge in [0, 0.05) is 24.6 Å². The number of nitrogens with zero attached hydrogens (tertiary/aromatic N) is 2. The number of anilines is 2. The van der Waals surface area contributed by atoms with Gasteiger partial charge in [-0.1, -0.05) is 6.07 Å². The van der Waals surface area contributed by atoms with Crippen molar-refractivity contribution >= 4 is 17.4 Å². The maximum Gasteiger partial charge on any atom is 0.260 e. The summed E-state index contributed by atoms with van der Waals surface area (Å²) >= 11 is 0. The summed E-state index contributed by atoms with van der Waals surface area (Å²) in [5.41, 5.74) is 3.21. The van der Waals surface area contributed by atoms with Crippen LogP contribution >= 0.6 is 0 Å². The lowest BCUT2D eigenvalue weighted by molar-refractivity contribution is 0.102. The molecule has 5 heteroatoms. The van der Waals surface area contributed by atoms with Crippen molar-refractivity contribution in [2.24, 2.45) is 0 Å². The summed E-state index contributed by atoms with van der Waals surface area (Å²) in [6.45, 7) is 6.57. The first-order valence-corrected chi connectivity index (χ1v) is 6.54. The molecule has 2 N–H and O–H groups in total. The normalized spacial score (nSPS) is 10.2. The fourth-order valence-electron chi connectivity index (χ4n) is 1.80. The van der Waals surface area contributed by atoms with Crippen LogP contribution in [0.25, 0.3) is 0 Å². The molecule has 0 aromatic carbocycles. The zero-order chi connectivity index (χ0) is 14.5. The minimum atomic E-state index is -0.218. The Morgan fingerprint density at radius 2 is 2.00 bits per heavy atom. The van der Waals surface area contributed by atoms with Gasteiger partial charge in [-0.25, -0.2) is 4.98 Å². The molecular formula is C15H18N4O. The van der Waals surface area contributed by atoms with Crippen LogP contribution in [0.4, 0.5) is 11.5 Å². The molecule has 5 nitrogen and oxygen atoms in total. The van der Waals surface area contributed by atoms with Gasteiger partial charge in [0.1, 0.15) is 5.82 Å². The second-order valence-corrected chi connectivity index (χ2v) is 4.58. The van der Waals surface area contributed by atoms with E-state index in [4.69, 9.17) is 0 Å². The number of aryl methyl sites for hydroxylation is 2. The largest absolute Gasteiger partial charge is 0.385 e. The first kappa shape index (κ1) is 14.0. The first-order chi connectivity index (χ1) is 9.60. The van der Waals surface area contributed by atoms with E-state index in [0.717, 1.165) is 23.5 Å². The molecule has 0 aliphatic carbocycles. The number of hydrogen-bond donors (Lipinski definition) is 2. The van der Waals surface area contributed by atoms with Gasteiger partial charge in [0.05, 0.1) is 11.3 Å². The van der Waals surface area contributed by atoms with E-state index in [1.54, 1.807) is 18.5 Å². The molecule has 0 aliphatic heterocycles. The summed E-state index contributed by atoms with van der Waals surface area (Å²) in [5, 5.41) is 5.95. The van der Waals surface area contributed by atoms with E-state index >= 15 is 0 Å². The Morgan fingerprint density at radius 3 is 2.65 bits per heavy atom. The zero-order valence-corrected chi connectivity index (χ0v) is 11.9. The minimum Gasteiger partial charge on any atom is -0.385 e. The predicted octanol–water partition coefficient (Wildman–Crippen LogP) is 2.78. The van der Waals surface area contributed by atoms with Crippen molar-refractivity contribution in [3.8, 4) is 0 Å². The lowest BCUT2D eigenvalue weighted by Crippen LogP contribution is -2.16. The Balaban J connectivity index is 2.22. The molecule has 2 aromatic heterocycles. The molecule has 0 saturated carbocycles. The van der Waals surface area contributed by atoms with E-state index in [-0.39, 0.29) is 5.91 Å². The summed E-state index contributed by atoms with van der Waals surface area (Å²) in [4.78, 5) is 20.6. The van der Waals surface area contributed by atoms with Crippen molar-refractivity contribution in [2.75, 3.05) is 17.2 Å². The summed E-state index contributed by atoms with van der Waals surface area (Å²) in [7, 11) is 0. The van der Waals surface area contributed by atoms with Crippen LogP contribution in [0.2, 0.25) is 0 Å². The predicted molar refractivity (Wildman–Crippen MR) is 80.1 cm³/mol. The molecule has 0 aliphatic rings. The Labute approximate surface area is 118 Å². The molecule has 2 heterocycles. The number of carbonyl (C=O) groups is 1. The van der Waals surface area contributed by atoms with Crippen molar-refractivity contribution in [3.05, 3.63) is 47.4 Å². The van der Waals surface area contributed by atoms with Gasteiger partial charge in [-0.3, -0.25) is 9.78 Å². The van der Waals surface area contributed by atoms with Gasteiger partial charge >= 0.3 is 0 Å². The highest BCUT2D eigenvalue weighted by Gasteiger charge is 2.12. The lowest BCUT2D eigenvalue weighted by atomic mass is 10.2. The van der Waals surface area contributed by atoms with Crippen LogP contribution in [0, 0.1) is 13.8 Å². The van der Waals surface area contributed by atoms with Gasteiger partial charge in [-0.05, 0) is 38.5 Å². The monoisotopic (exact) mass is 270 g/mol. The van der Waals surface area contributed by atoms with Crippen molar-refractivity contribution < 1.29 is 4.79 Å². The van der Waals surface area contributed by atoms with Gasteiger partial charge in [0.2, 0.25) is 0 Å². The third-order valence-electron chi connectivity index (χ3n) is 2.81. The van der Waals surface area contributed by atoms with Crippen LogP contribution in [0.5, 0.6) is 0 Å². The number of hydrogen-bond acceptors (Lipinski definition) is 4. The van der Waals surface area contributed by atoms with E-state index in [1.807, 2.05) is 32.9 Å². The fourth-order valence-corrected chi connectivity index (χ4v) is 1.80. The van der Waals surface area contributed by atoms with E-state index in [0.29, 0.717) is 11.4 Å². The van der Waals surface area contributed by atoms with Crippen molar-refractivity contribution in [1.29, 1.82) is 0 Å². The van der Waals surface area contributed by atoms with Gasteiger partial charge in [-0.15, -0.1) is 0 Å². The summed E-state index contributed by atoms with van der Waals surface area (Å²) in [5.74, 6) is 0.313. The van der Waals surface area contributed by atoms with Crippen molar-refractivity contribution in [2.45, 2.75) is 20.8 Å². The topological polar surface area (TPSA) is 66.9 Å². The van der Waals surface area contributed by atoms with Gasteiger partial charge in [0.15, 0.2) is 0 Å². The van der Waals surface area contributed by atoms with Crippen LogP contribution in [0.15, 0.2) is 30.6 Å². The smallest absolute Gasteiger partial charge is 0.260 e. The maximum absolute atomic E-state index is 12.3. The summed E-state index contributed by atoms with van der Waals surface area (Å²) in [6.07, 6.45) is 3.30. The lowest BCUT2D eigenvalue weighted by Gasteiger charge is -2.11. The van der Waals surface area contributed by atoms with Gasteiger partial charge in [-0.2, -0.15) is 0 Å². The van der Waals surface area contributed by atoms with Crippen LogP contribution in [0.1, 0.15) is 28.5 Å². The van der Waals surface area contributed by atoms with E-state index in [1.165, 1.54) is 0 Å². The number of pyridine rings is 2. The fraction of sp³-hybridized carbons (Fsp3) is 0.267. The standard InChI is InChI=1S/C15H18N4O/c1-4-16-13-7-11(3)17-9-12(13)15(20)19-14-6-5-10(2)8-18-14/h5-9H,4H2,1-3H3,(H,16,17)(H,18,19,20). The van der Waals surface area contributed by atoms with E-state index in [9.17, 15) is 4.79 Å². The average molecular weight is 270 g/mol. The molecule has 0 spiro atoms. The highest BCUT2D eigenvalue weighted by atomic mass is 16.1. The maximum atomic E-state index is 12.3. The number of amides is 1. The van der Waals surface area contributed by atoms with Crippen molar-refractivity contribution in [3.63, 3.8) is 0 Å². The average Bonchev–Trinajstić information content (AvgIpc) is 2.42. The molecule has 0 bridgehead atoms. The number of nitrogens with one attached hydrogen (secondary N) is 2. The number of carbonyl (C=O) groups excluding carboxylic acids is 1. The van der Waals surface area contributed by atoms with E-state index in [2.05, 4.69) is 20.6 Å². The first-order valence-electron chi connectivity index (χ1n) is 6.54. The van der Waals surface area contributed by atoms with Gasteiger partial charge < -0.3 is 10.6 Å². The molecule has 0 fully saturated rings. The molecule has 0 unspecified atom stereocenters. The molecule has 104 valence electrons. The SMILES string of the molecule is CCNc1cc(C)ncc1C(=O)Nc1ccc(C)cn1. The van der Waals surface area contributed by atoms with Crippen LogP contribution < -0.4 is 10.6 Å². The zero-order valence-electron chi connectivity index (χ0n) is 11.9. The third kappa shape index (κ3) is 3.32. The Bertz CT molecular complexity index is 608. The molecule has 2 aromatic rings. The summed E-state index contributed by atoms with van der Waals surface area (Å²) < 4.78 is 0.